The van der Waals surface area contributed by atoms with Gasteiger partial charge < -0.3 is 37.6 Å². The van der Waals surface area contributed by atoms with Crippen LogP contribution in [0.2, 0.25) is 0 Å². The standard InChI is InChI=1S/C19H33N5O8S/c1-9(2)6-13(19(31)32)24-18(30)12(8-14(21)25)23-17(29)11(4-5-33-3)22-16(28)10(20)7-15(26)27/h9-13H,4-8,20H2,1-3H3,(H2,21,25)(H,22,28)(H,23,29)(H,24,30)(H,26,27)(H,31,32). The molecule has 4 atom stereocenters. The molecule has 33 heavy (non-hydrogen) atoms. The summed E-state index contributed by atoms with van der Waals surface area (Å²) in [5, 5.41) is 25.0. The lowest BCUT2D eigenvalue weighted by Crippen LogP contribution is -2.58. The Morgan fingerprint density at radius 1 is 0.848 bits per heavy atom. The minimum Gasteiger partial charge on any atom is -0.481 e. The molecule has 0 radical (unpaired) electrons. The van der Waals surface area contributed by atoms with E-state index in [9.17, 15) is 33.9 Å². The zero-order valence-electron chi connectivity index (χ0n) is 18.8. The molecule has 0 aromatic heterocycles. The number of aliphatic carboxylic acids is 2. The second kappa shape index (κ2) is 15.1. The molecule has 0 aliphatic carbocycles. The van der Waals surface area contributed by atoms with E-state index in [1.54, 1.807) is 20.1 Å². The highest BCUT2D eigenvalue weighted by Crippen LogP contribution is 2.07. The fraction of sp³-hybridized carbons (Fsp3) is 0.684. The Balaban J connectivity index is 5.49. The maximum absolute atomic E-state index is 12.8. The predicted octanol–water partition coefficient (Wildman–Crippen LogP) is -2.00. The van der Waals surface area contributed by atoms with Gasteiger partial charge in [-0.25, -0.2) is 4.79 Å². The third kappa shape index (κ3) is 12.7. The van der Waals surface area contributed by atoms with Gasteiger partial charge in [-0.15, -0.1) is 0 Å². The number of nitrogens with two attached hydrogens (primary N) is 2. The number of hydrogen-bond acceptors (Lipinski definition) is 8. The van der Waals surface area contributed by atoms with Crippen molar-refractivity contribution in [1.29, 1.82) is 0 Å². The van der Waals surface area contributed by atoms with Gasteiger partial charge in [-0.2, -0.15) is 11.8 Å². The highest BCUT2D eigenvalue weighted by atomic mass is 32.2. The molecule has 0 rings (SSSR count). The number of primary amides is 1. The first-order chi connectivity index (χ1) is 15.3. The number of amides is 4. The van der Waals surface area contributed by atoms with Gasteiger partial charge in [0.1, 0.15) is 18.1 Å². The molecular formula is C19H33N5O8S. The van der Waals surface area contributed by atoms with E-state index in [2.05, 4.69) is 16.0 Å². The molecule has 0 aromatic rings. The minimum absolute atomic E-state index is 0.0586. The van der Waals surface area contributed by atoms with Gasteiger partial charge >= 0.3 is 11.9 Å². The van der Waals surface area contributed by atoms with Gasteiger partial charge in [0.15, 0.2) is 0 Å². The van der Waals surface area contributed by atoms with Crippen LogP contribution in [-0.4, -0.2) is 82.0 Å². The zero-order valence-corrected chi connectivity index (χ0v) is 19.6. The van der Waals surface area contributed by atoms with Crippen LogP contribution in [0, 0.1) is 5.92 Å². The minimum atomic E-state index is -1.48. The number of nitrogens with one attached hydrogen (secondary N) is 3. The van der Waals surface area contributed by atoms with Crippen molar-refractivity contribution in [2.24, 2.45) is 17.4 Å². The summed E-state index contributed by atoms with van der Waals surface area (Å²) in [7, 11) is 0. The second-order valence-electron chi connectivity index (χ2n) is 7.81. The van der Waals surface area contributed by atoms with Crippen molar-refractivity contribution < 1.29 is 39.0 Å². The van der Waals surface area contributed by atoms with Crippen LogP contribution in [0.15, 0.2) is 0 Å². The fourth-order valence-electron chi connectivity index (χ4n) is 2.71. The van der Waals surface area contributed by atoms with Gasteiger partial charge in [0.2, 0.25) is 23.6 Å². The van der Waals surface area contributed by atoms with Crippen LogP contribution in [0.4, 0.5) is 0 Å². The van der Waals surface area contributed by atoms with Crippen molar-refractivity contribution in [2.45, 2.75) is 63.7 Å². The predicted molar refractivity (Wildman–Crippen MR) is 120 cm³/mol. The Kier molecular flexibility index (Phi) is 13.7. The van der Waals surface area contributed by atoms with Crippen molar-refractivity contribution in [1.82, 2.24) is 16.0 Å². The van der Waals surface area contributed by atoms with Crippen LogP contribution in [0.25, 0.3) is 0 Å². The van der Waals surface area contributed by atoms with Crippen LogP contribution >= 0.6 is 11.8 Å². The van der Waals surface area contributed by atoms with Gasteiger partial charge in [-0.1, -0.05) is 13.8 Å². The van der Waals surface area contributed by atoms with E-state index in [1.807, 2.05) is 0 Å². The second-order valence-corrected chi connectivity index (χ2v) is 8.79. The van der Waals surface area contributed by atoms with E-state index in [0.29, 0.717) is 5.75 Å². The summed E-state index contributed by atoms with van der Waals surface area (Å²) < 4.78 is 0. The summed E-state index contributed by atoms with van der Waals surface area (Å²) in [5.74, 6) is -5.76. The Hall–Kier alpha value is -2.87. The lowest BCUT2D eigenvalue weighted by molar-refractivity contribution is -0.143. The van der Waals surface area contributed by atoms with E-state index in [4.69, 9.17) is 16.6 Å². The first-order valence-corrected chi connectivity index (χ1v) is 11.6. The summed E-state index contributed by atoms with van der Waals surface area (Å²) >= 11 is 1.37. The van der Waals surface area contributed by atoms with E-state index < -0.39 is 72.6 Å². The number of carbonyl (C=O) groups excluding carboxylic acids is 4. The van der Waals surface area contributed by atoms with E-state index in [-0.39, 0.29) is 18.8 Å². The molecule has 0 bridgehead atoms. The summed E-state index contributed by atoms with van der Waals surface area (Å²) in [6.45, 7) is 3.53. The number of hydrogen-bond donors (Lipinski definition) is 7. The number of rotatable bonds is 16. The lowest BCUT2D eigenvalue weighted by Gasteiger charge is -2.25. The Morgan fingerprint density at radius 3 is 1.82 bits per heavy atom. The molecule has 0 saturated heterocycles. The smallest absolute Gasteiger partial charge is 0.326 e. The molecule has 0 aromatic carbocycles. The van der Waals surface area contributed by atoms with E-state index in [0.717, 1.165) is 0 Å². The first kappa shape index (κ1) is 30.1. The average Bonchev–Trinajstić information content (AvgIpc) is 2.68. The summed E-state index contributed by atoms with van der Waals surface area (Å²) in [5.41, 5.74) is 10.7. The highest BCUT2D eigenvalue weighted by molar-refractivity contribution is 7.98. The molecule has 0 fully saturated rings. The van der Waals surface area contributed by atoms with Gasteiger partial charge in [-0.05, 0) is 30.8 Å². The van der Waals surface area contributed by atoms with Crippen LogP contribution in [0.5, 0.6) is 0 Å². The van der Waals surface area contributed by atoms with Crippen molar-refractivity contribution in [3.8, 4) is 0 Å². The van der Waals surface area contributed by atoms with Crippen LogP contribution in [-0.2, 0) is 28.8 Å². The molecule has 0 spiro atoms. The van der Waals surface area contributed by atoms with Crippen molar-refractivity contribution in [3.63, 3.8) is 0 Å². The van der Waals surface area contributed by atoms with Gasteiger partial charge in [-0.3, -0.25) is 24.0 Å². The molecule has 0 saturated carbocycles. The molecule has 9 N–H and O–H groups in total. The van der Waals surface area contributed by atoms with Gasteiger partial charge in [0.05, 0.1) is 18.9 Å². The van der Waals surface area contributed by atoms with Crippen LogP contribution in [0.1, 0.15) is 39.5 Å². The lowest BCUT2D eigenvalue weighted by atomic mass is 10.0. The molecule has 0 heterocycles. The third-order valence-electron chi connectivity index (χ3n) is 4.33. The normalized spacial score (nSPS) is 14.5. The van der Waals surface area contributed by atoms with Crippen LogP contribution in [0.3, 0.4) is 0 Å². The van der Waals surface area contributed by atoms with Crippen molar-refractivity contribution in [3.05, 3.63) is 0 Å². The summed E-state index contributed by atoms with van der Waals surface area (Å²) in [4.78, 5) is 71.2. The van der Waals surface area contributed by atoms with Crippen molar-refractivity contribution in [2.75, 3.05) is 12.0 Å². The number of carboxylic acids is 2. The maximum Gasteiger partial charge on any atom is 0.326 e. The average molecular weight is 492 g/mol. The van der Waals surface area contributed by atoms with E-state index >= 15 is 0 Å². The molecule has 0 aliphatic rings. The monoisotopic (exact) mass is 491 g/mol. The largest absolute Gasteiger partial charge is 0.481 e. The zero-order chi connectivity index (χ0) is 25.7. The third-order valence-corrected chi connectivity index (χ3v) is 4.98. The topological polar surface area (TPSA) is 231 Å². The quantitative estimate of drug-likeness (QED) is 0.125. The summed E-state index contributed by atoms with van der Waals surface area (Å²) in [6, 6.07) is -5.31. The van der Waals surface area contributed by atoms with E-state index in [1.165, 1.54) is 11.8 Å². The Bertz CT molecular complexity index is 733. The Labute approximate surface area is 195 Å². The fourth-order valence-corrected chi connectivity index (χ4v) is 3.18. The SMILES string of the molecule is CSCCC(NC(=O)C(N)CC(=O)O)C(=O)NC(CC(N)=O)C(=O)NC(CC(C)C)C(=O)O. The number of carboxylic acid groups (broad SMARTS) is 2. The highest BCUT2D eigenvalue weighted by Gasteiger charge is 2.31. The molecule has 188 valence electrons. The molecular weight excluding hydrogens is 458 g/mol. The van der Waals surface area contributed by atoms with Crippen molar-refractivity contribution >= 4 is 47.3 Å². The summed E-state index contributed by atoms with van der Waals surface area (Å²) in [6.07, 6.45) is 0.743. The Morgan fingerprint density at radius 2 is 1.36 bits per heavy atom. The van der Waals surface area contributed by atoms with Crippen LogP contribution < -0.4 is 27.4 Å². The molecule has 4 unspecified atom stereocenters. The molecule has 14 heteroatoms. The van der Waals surface area contributed by atoms with Gasteiger partial charge in [0, 0.05) is 0 Å². The maximum atomic E-state index is 12.8. The molecule has 4 amide bonds. The molecule has 13 nitrogen and oxygen atoms in total. The van der Waals surface area contributed by atoms with Gasteiger partial charge in [0.25, 0.3) is 0 Å². The molecule has 0 aliphatic heterocycles. The first-order valence-electron chi connectivity index (χ1n) is 10.2. The number of carbonyl (C=O) groups is 6. The number of thioether (sulfide) groups is 1.